The van der Waals surface area contributed by atoms with E-state index in [-0.39, 0.29) is 23.9 Å². The van der Waals surface area contributed by atoms with Crippen molar-refractivity contribution >= 4 is 28.5 Å². The third kappa shape index (κ3) is 3.12. The number of fused-ring (bicyclic) bond motifs is 2. The van der Waals surface area contributed by atoms with E-state index in [1.807, 2.05) is 24.4 Å². The minimum Gasteiger partial charge on any atom is -0.486 e. The van der Waals surface area contributed by atoms with Crippen LogP contribution >= 0.6 is 0 Å². The van der Waals surface area contributed by atoms with Crippen LogP contribution in [0.1, 0.15) is 29.8 Å². The highest BCUT2D eigenvalue weighted by Crippen LogP contribution is 2.35. The number of allylic oxidation sites excluding steroid dienone is 1. The lowest BCUT2D eigenvalue weighted by Gasteiger charge is -2.04. The minimum absolute atomic E-state index is 0.00798. The average molecular weight is 361 g/mol. The summed E-state index contributed by atoms with van der Waals surface area (Å²) < 4.78 is 13.3. The molecule has 0 radical (unpaired) electrons. The molecule has 1 aromatic heterocycles. The van der Waals surface area contributed by atoms with Gasteiger partial charge in [0.25, 0.3) is 0 Å². The standard InChI is InChI=1S/C22H19NO4/c1-3-23-12-15(17-6-4-5-7-19(17)23)10-21-22(25)18-9-8-16(11-20(18)27-21)26-13-14(2)24/h4-12H,3,13H2,1-2H3/b21-10-. The molecule has 0 aliphatic carbocycles. The molecule has 0 spiro atoms. The van der Waals surface area contributed by atoms with E-state index in [1.165, 1.54) is 6.92 Å². The second-order valence-electron chi connectivity index (χ2n) is 6.48. The molecule has 2 heterocycles. The summed E-state index contributed by atoms with van der Waals surface area (Å²) in [5.41, 5.74) is 2.56. The number of benzene rings is 2. The third-order valence-corrected chi connectivity index (χ3v) is 4.53. The molecular formula is C22H19NO4. The zero-order chi connectivity index (χ0) is 19.0. The zero-order valence-corrected chi connectivity index (χ0v) is 15.2. The first-order valence-electron chi connectivity index (χ1n) is 8.85. The maximum Gasteiger partial charge on any atom is 0.231 e. The highest BCUT2D eigenvalue weighted by Gasteiger charge is 2.28. The second-order valence-corrected chi connectivity index (χ2v) is 6.48. The zero-order valence-electron chi connectivity index (χ0n) is 15.2. The number of carbonyl (C=O) groups is 2. The van der Waals surface area contributed by atoms with Gasteiger partial charge in [-0.1, -0.05) is 18.2 Å². The van der Waals surface area contributed by atoms with E-state index in [2.05, 4.69) is 17.6 Å². The highest BCUT2D eigenvalue weighted by atomic mass is 16.5. The topological polar surface area (TPSA) is 57.5 Å². The molecular weight excluding hydrogens is 342 g/mol. The van der Waals surface area contributed by atoms with Gasteiger partial charge in [0.1, 0.15) is 18.1 Å². The van der Waals surface area contributed by atoms with Crippen LogP contribution in [0.15, 0.2) is 54.4 Å². The number of para-hydroxylation sites is 1. The van der Waals surface area contributed by atoms with Gasteiger partial charge in [-0.25, -0.2) is 0 Å². The summed E-state index contributed by atoms with van der Waals surface area (Å²) in [6.07, 6.45) is 3.81. The lowest BCUT2D eigenvalue weighted by molar-refractivity contribution is -0.118. The van der Waals surface area contributed by atoms with Crippen LogP contribution in [0.2, 0.25) is 0 Å². The number of rotatable bonds is 5. The number of nitrogens with zero attached hydrogens (tertiary/aromatic N) is 1. The number of aryl methyl sites for hydroxylation is 1. The molecule has 136 valence electrons. The number of aromatic nitrogens is 1. The van der Waals surface area contributed by atoms with Gasteiger partial charge in [0, 0.05) is 35.3 Å². The van der Waals surface area contributed by atoms with Gasteiger partial charge in [-0.2, -0.15) is 0 Å². The van der Waals surface area contributed by atoms with E-state index in [0.29, 0.717) is 17.1 Å². The van der Waals surface area contributed by atoms with Crippen molar-refractivity contribution in [3.63, 3.8) is 0 Å². The predicted octanol–water partition coefficient (Wildman–Crippen LogP) is 4.25. The van der Waals surface area contributed by atoms with Crippen molar-refractivity contribution in [2.24, 2.45) is 0 Å². The molecule has 0 bridgehead atoms. The Hall–Kier alpha value is -3.34. The average Bonchev–Trinajstić information content (AvgIpc) is 3.18. The van der Waals surface area contributed by atoms with Crippen molar-refractivity contribution in [3.8, 4) is 11.5 Å². The van der Waals surface area contributed by atoms with E-state index >= 15 is 0 Å². The van der Waals surface area contributed by atoms with E-state index < -0.39 is 0 Å². The molecule has 4 rings (SSSR count). The monoisotopic (exact) mass is 361 g/mol. The molecule has 0 saturated heterocycles. The van der Waals surface area contributed by atoms with Crippen molar-refractivity contribution in [2.75, 3.05) is 6.61 Å². The smallest absolute Gasteiger partial charge is 0.231 e. The summed E-state index contributed by atoms with van der Waals surface area (Å²) in [4.78, 5) is 23.8. The first-order valence-corrected chi connectivity index (χ1v) is 8.85. The number of hydrogen-bond acceptors (Lipinski definition) is 4. The molecule has 5 nitrogen and oxygen atoms in total. The Labute approximate surface area is 156 Å². The number of ether oxygens (including phenoxy) is 2. The van der Waals surface area contributed by atoms with Crippen LogP contribution in [0.25, 0.3) is 17.0 Å². The van der Waals surface area contributed by atoms with Gasteiger partial charge < -0.3 is 14.0 Å². The van der Waals surface area contributed by atoms with Crippen molar-refractivity contribution in [1.29, 1.82) is 0 Å². The Balaban J connectivity index is 1.67. The Morgan fingerprint density at radius 1 is 1.22 bits per heavy atom. The molecule has 0 atom stereocenters. The van der Waals surface area contributed by atoms with Crippen LogP contribution in [0, 0.1) is 0 Å². The molecule has 0 fully saturated rings. The van der Waals surface area contributed by atoms with E-state index in [9.17, 15) is 9.59 Å². The molecule has 0 N–H and O–H groups in total. The summed E-state index contributed by atoms with van der Waals surface area (Å²) in [6, 6.07) is 13.1. The Morgan fingerprint density at radius 2 is 2.04 bits per heavy atom. The Kier molecular flexibility index (Phi) is 4.28. The van der Waals surface area contributed by atoms with Crippen molar-refractivity contribution in [3.05, 3.63) is 65.5 Å². The van der Waals surface area contributed by atoms with Gasteiger partial charge in [0.15, 0.2) is 11.5 Å². The molecule has 5 heteroatoms. The first kappa shape index (κ1) is 17.1. The second kappa shape index (κ2) is 6.76. The number of ketones is 2. The number of carbonyl (C=O) groups excluding carboxylic acids is 2. The molecule has 0 saturated carbocycles. The first-order chi connectivity index (χ1) is 13.1. The quantitative estimate of drug-likeness (QED) is 0.638. The van der Waals surface area contributed by atoms with E-state index in [1.54, 1.807) is 24.3 Å². The normalized spacial score (nSPS) is 14.4. The minimum atomic E-state index is -0.156. The Morgan fingerprint density at radius 3 is 2.81 bits per heavy atom. The largest absolute Gasteiger partial charge is 0.486 e. The van der Waals surface area contributed by atoms with Crippen LogP contribution in [0.4, 0.5) is 0 Å². The van der Waals surface area contributed by atoms with Crippen molar-refractivity contribution in [2.45, 2.75) is 20.4 Å². The molecule has 0 unspecified atom stereocenters. The van der Waals surface area contributed by atoms with Crippen LogP contribution in [0.3, 0.4) is 0 Å². The summed E-state index contributed by atoms with van der Waals surface area (Å²) >= 11 is 0. The maximum absolute atomic E-state index is 12.7. The summed E-state index contributed by atoms with van der Waals surface area (Å²) in [5.74, 6) is 1.01. The van der Waals surface area contributed by atoms with E-state index in [0.717, 1.165) is 23.0 Å². The van der Waals surface area contributed by atoms with Gasteiger partial charge >= 0.3 is 0 Å². The lowest BCUT2D eigenvalue weighted by atomic mass is 10.1. The van der Waals surface area contributed by atoms with Crippen molar-refractivity contribution < 1.29 is 19.1 Å². The van der Waals surface area contributed by atoms with Gasteiger partial charge in [-0.3, -0.25) is 9.59 Å². The van der Waals surface area contributed by atoms with Gasteiger partial charge in [-0.05, 0) is 38.1 Å². The summed E-state index contributed by atoms with van der Waals surface area (Å²) in [6.45, 7) is 4.38. The van der Waals surface area contributed by atoms with E-state index in [4.69, 9.17) is 9.47 Å². The highest BCUT2D eigenvalue weighted by molar-refractivity contribution is 6.15. The predicted molar refractivity (Wildman–Crippen MR) is 103 cm³/mol. The lowest BCUT2D eigenvalue weighted by Crippen LogP contribution is -2.06. The van der Waals surface area contributed by atoms with Crippen LogP contribution in [-0.4, -0.2) is 22.7 Å². The van der Waals surface area contributed by atoms with Crippen LogP contribution in [-0.2, 0) is 11.3 Å². The third-order valence-electron chi connectivity index (χ3n) is 4.53. The number of Topliss-reactive ketones (excluding diaryl/α,β-unsaturated/α-hetero) is 2. The summed E-state index contributed by atoms with van der Waals surface area (Å²) in [5, 5.41) is 1.07. The SMILES string of the molecule is CCn1cc(/C=C2\Oc3cc(OCC(C)=O)ccc3C2=O)c2ccccc21. The molecule has 3 aromatic rings. The summed E-state index contributed by atoms with van der Waals surface area (Å²) in [7, 11) is 0. The van der Waals surface area contributed by atoms with Crippen LogP contribution < -0.4 is 9.47 Å². The maximum atomic E-state index is 12.7. The molecule has 1 aliphatic rings. The fraction of sp³-hybridized carbons (Fsp3) is 0.182. The van der Waals surface area contributed by atoms with Crippen LogP contribution in [0.5, 0.6) is 11.5 Å². The van der Waals surface area contributed by atoms with Gasteiger partial charge in [-0.15, -0.1) is 0 Å². The molecule has 0 amide bonds. The van der Waals surface area contributed by atoms with Gasteiger partial charge in [0.05, 0.1) is 5.56 Å². The molecule has 1 aliphatic heterocycles. The van der Waals surface area contributed by atoms with Gasteiger partial charge in [0.2, 0.25) is 5.78 Å². The molecule has 2 aromatic carbocycles. The number of hydrogen-bond donors (Lipinski definition) is 0. The fourth-order valence-electron chi connectivity index (χ4n) is 3.24. The molecule has 27 heavy (non-hydrogen) atoms. The van der Waals surface area contributed by atoms with Crippen molar-refractivity contribution in [1.82, 2.24) is 4.57 Å². The Bertz CT molecular complexity index is 1090. The fourth-order valence-corrected chi connectivity index (χ4v) is 3.24.